The molecule has 0 bridgehead atoms. The number of rotatable bonds is 2. The zero-order chi connectivity index (χ0) is 10.7. The van der Waals surface area contributed by atoms with E-state index in [1.54, 1.807) is 0 Å². The second-order valence-corrected chi connectivity index (χ2v) is 5.29. The van der Waals surface area contributed by atoms with Crippen molar-refractivity contribution in [3.8, 4) is 0 Å². The van der Waals surface area contributed by atoms with Crippen LogP contribution in [0, 0.1) is 17.8 Å². The summed E-state index contributed by atoms with van der Waals surface area (Å²) in [5.41, 5.74) is 0. The molecule has 1 N–H and O–H groups in total. The van der Waals surface area contributed by atoms with E-state index in [1.165, 1.54) is 44.9 Å². The van der Waals surface area contributed by atoms with Gasteiger partial charge in [0.05, 0.1) is 5.92 Å². The molecular weight excluding hydrogens is 188 g/mol. The maximum absolute atomic E-state index is 11.3. The van der Waals surface area contributed by atoms with Gasteiger partial charge in [-0.2, -0.15) is 0 Å². The molecule has 2 heteroatoms. The molecule has 2 aliphatic rings. The van der Waals surface area contributed by atoms with Crippen molar-refractivity contribution in [3.63, 3.8) is 0 Å². The van der Waals surface area contributed by atoms with Crippen LogP contribution in [-0.4, -0.2) is 11.1 Å². The number of carboxylic acid groups (broad SMARTS) is 1. The Morgan fingerprint density at radius 1 is 0.867 bits per heavy atom. The van der Waals surface area contributed by atoms with E-state index >= 15 is 0 Å². The van der Waals surface area contributed by atoms with Gasteiger partial charge >= 0.3 is 5.97 Å². The third-order valence-corrected chi connectivity index (χ3v) is 4.39. The number of carboxylic acids is 1. The van der Waals surface area contributed by atoms with Gasteiger partial charge in [0.2, 0.25) is 0 Å². The molecule has 0 aromatic carbocycles. The number of carbonyl (C=O) groups is 1. The number of aliphatic carboxylic acids is 1. The summed E-state index contributed by atoms with van der Waals surface area (Å²) in [6.45, 7) is 0. The Bertz CT molecular complexity index is 219. The summed E-state index contributed by atoms with van der Waals surface area (Å²) < 4.78 is 0. The second-order valence-electron chi connectivity index (χ2n) is 5.29. The molecule has 0 amide bonds. The van der Waals surface area contributed by atoms with Crippen molar-refractivity contribution in [2.45, 2.75) is 57.8 Å². The van der Waals surface area contributed by atoms with Gasteiger partial charge in [-0.05, 0) is 24.7 Å². The molecule has 0 radical (unpaired) electrons. The van der Waals surface area contributed by atoms with Crippen LogP contribution in [-0.2, 0) is 4.79 Å². The van der Waals surface area contributed by atoms with E-state index in [1.807, 2.05) is 0 Å². The first-order valence-corrected chi connectivity index (χ1v) is 6.52. The van der Waals surface area contributed by atoms with E-state index in [9.17, 15) is 9.90 Å². The molecule has 2 saturated carbocycles. The molecule has 0 aromatic rings. The van der Waals surface area contributed by atoms with Crippen molar-refractivity contribution in [3.05, 3.63) is 0 Å². The fourth-order valence-electron chi connectivity index (χ4n) is 3.59. The molecule has 0 saturated heterocycles. The van der Waals surface area contributed by atoms with Crippen LogP contribution in [0.3, 0.4) is 0 Å². The molecular formula is C13H22O2. The first-order chi connectivity index (χ1) is 7.29. The van der Waals surface area contributed by atoms with E-state index in [2.05, 4.69) is 0 Å². The molecule has 2 unspecified atom stereocenters. The zero-order valence-electron chi connectivity index (χ0n) is 9.45. The van der Waals surface area contributed by atoms with E-state index in [-0.39, 0.29) is 5.92 Å². The van der Waals surface area contributed by atoms with Crippen LogP contribution in [0.2, 0.25) is 0 Å². The van der Waals surface area contributed by atoms with Crippen LogP contribution >= 0.6 is 0 Å². The Hall–Kier alpha value is -0.530. The molecule has 0 spiro atoms. The van der Waals surface area contributed by atoms with Crippen molar-refractivity contribution < 1.29 is 9.90 Å². The standard InChI is InChI=1S/C13H22O2/c14-13(15)12-9-3-1-2-8-11(12)10-6-4-5-7-10/h10-12H,1-9H2,(H,14,15). The highest BCUT2D eigenvalue weighted by Gasteiger charge is 2.35. The van der Waals surface area contributed by atoms with Gasteiger partial charge in [-0.1, -0.05) is 44.9 Å². The molecule has 15 heavy (non-hydrogen) atoms. The predicted octanol–water partition coefficient (Wildman–Crippen LogP) is 3.46. The fourth-order valence-corrected chi connectivity index (χ4v) is 3.59. The SMILES string of the molecule is O=C(O)C1CCCCCC1C1CCCC1. The monoisotopic (exact) mass is 210 g/mol. The average molecular weight is 210 g/mol. The summed E-state index contributed by atoms with van der Waals surface area (Å²) in [7, 11) is 0. The third kappa shape index (κ3) is 2.53. The maximum Gasteiger partial charge on any atom is 0.306 e. The summed E-state index contributed by atoms with van der Waals surface area (Å²) >= 11 is 0. The molecule has 86 valence electrons. The maximum atomic E-state index is 11.3. The van der Waals surface area contributed by atoms with Crippen molar-refractivity contribution in [2.75, 3.05) is 0 Å². The van der Waals surface area contributed by atoms with Crippen molar-refractivity contribution in [2.24, 2.45) is 17.8 Å². The molecule has 2 aliphatic carbocycles. The highest BCUT2D eigenvalue weighted by atomic mass is 16.4. The summed E-state index contributed by atoms with van der Waals surface area (Å²) in [4.78, 5) is 11.3. The normalized spacial score (nSPS) is 33.9. The van der Waals surface area contributed by atoms with Gasteiger partial charge in [0.25, 0.3) is 0 Å². The predicted molar refractivity (Wildman–Crippen MR) is 59.7 cm³/mol. The highest BCUT2D eigenvalue weighted by Crippen LogP contribution is 2.41. The largest absolute Gasteiger partial charge is 0.481 e. The van der Waals surface area contributed by atoms with Gasteiger partial charge in [0.1, 0.15) is 0 Å². The number of hydrogen-bond donors (Lipinski definition) is 1. The van der Waals surface area contributed by atoms with Crippen molar-refractivity contribution in [1.29, 1.82) is 0 Å². The van der Waals surface area contributed by atoms with Crippen molar-refractivity contribution >= 4 is 5.97 Å². The van der Waals surface area contributed by atoms with E-state index < -0.39 is 5.97 Å². The van der Waals surface area contributed by atoms with Gasteiger partial charge in [-0.15, -0.1) is 0 Å². The van der Waals surface area contributed by atoms with Gasteiger partial charge in [-0.3, -0.25) is 4.79 Å². The second kappa shape index (κ2) is 5.00. The zero-order valence-corrected chi connectivity index (χ0v) is 9.45. The minimum Gasteiger partial charge on any atom is -0.481 e. The smallest absolute Gasteiger partial charge is 0.306 e. The summed E-state index contributed by atoms with van der Waals surface area (Å²) in [5, 5.41) is 9.29. The van der Waals surface area contributed by atoms with Gasteiger partial charge in [0, 0.05) is 0 Å². The molecule has 2 fully saturated rings. The van der Waals surface area contributed by atoms with Crippen LogP contribution in [0.15, 0.2) is 0 Å². The van der Waals surface area contributed by atoms with E-state index in [4.69, 9.17) is 0 Å². The molecule has 2 atom stereocenters. The third-order valence-electron chi connectivity index (χ3n) is 4.39. The molecule has 2 nitrogen and oxygen atoms in total. The van der Waals surface area contributed by atoms with Crippen LogP contribution < -0.4 is 0 Å². The lowest BCUT2D eigenvalue weighted by molar-refractivity contribution is -0.144. The first-order valence-electron chi connectivity index (χ1n) is 6.52. The lowest BCUT2D eigenvalue weighted by Crippen LogP contribution is -2.27. The Morgan fingerprint density at radius 2 is 1.47 bits per heavy atom. The van der Waals surface area contributed by atoms with E-state index in [0.29, 0.717) is 5.92 Å². The highest BCUT2D eigenvalue weighted by molar-refractivity contribution is 5.70. The minimum absolute atomic E-state index is 0.0319. The van der Waals surface area contributed by atoms with Gasteiger partial charge < -0.3 is 5.11 Å². The Morgan fingerprint density at radius 3 is 2.13 bits per heavy atom. The fraction of sp³-hybridized carbons (Fsp3) is 0.923. The average Bonchev–Trinajstić information content (AvgIpc) is 2.61. The lowest BCUT2D eigenvalue weighted by Gasteiger charge is -2.27. The topological polar surface area (TPSA) is 37.3 Å². The van der Waals surface area contributed by atoms with Crippen LogP contribution in [0.5, 0.6) is 0 Å². The molecule has 0 aromatic heterocycles. The van der Waals surface area contributed by atoms with E-state index in [0.717, 1.165) is 18.8 Å². The first kappa shape index (κ1) is 11.0. The Labute approximate surface area is 92.1 Å². The lowest BCUT2D eigenvalue weighted by atomic mass is 9.77. The van der Waals surface area contributed by atoms with Gasteiger partial charge in [-0.25, -0.2) is 0 Å². The Balaban J connectivity index is 2.05. The quantitative estimate of drug-likeness (QED) is 0.709. The summed E-state index contributed by atoms with van der Waals surface area (Å²) in [5.74, 6) is 0.654. The van der Waals surface area contributed by atoms with Crippen LogP contribution in [0.25, 0.3) is 0 Å². The molecule has 0 heterocycles. The van der Waals surface area contributed by atoms with Crippen molar-refractivity contribution in [1.82, 2.24) is 0 Å². The Kier molecular flexibility index (Phi) is 3.66. The van der Waals surface area contributed by atoms with Gasteiger partial charge in [0.15, 0.2) is 0 Å². The molecule has 0 aliphatic heterocycles. The van der Waals surface area contributed by atoms with Crippen LogP contribution in [0.4, 0.5) is 0 Å². The summed E-state index contributed by atoms with van der Waals surface area (Å²) in [6, 6.07) is 0. The van der Waals surface area contributed by atoms with Crippen LogP contribution in [0.1, 0.15) is 57.8 Å². The molecule has 2 rings (SSSR count). The minimum atomic E-state index is -0.534. The number of hydrogen-bond acceptors (Lipinski definition) is 1. The summed E-state index contributed by atoms with van der Waals surface area (Å²) in [6.07, 6.45) is 10.9.